The first kappa shape index (κ1) is 13.8. The summed E-state index contributed by atoms with van der Waals surface area (Å²) < 4.78 is 2.07. The molecule has 0 saturated carbocycles. The lowest BCUT2D eigenvalue weighted by atomic mass is 10.0. The molecule has 0 amide bonds. The lowest BCUT2D eigenvalue weighted by Gasteiger charge is -2.03. The largest absolute Gasteiger partial charge is 0.395 e. The Morgan fingerprint density at radius 2 is 1.95 bits per heavy atom. The number of aliphatic hydroxyl groups excluding tert-OH is 1. The summed E-state index contributed by atoms with van der Waals surface area (Å²) in [5, 5.41) is 10.4. The van der Waals surface area contributed by atoms with Gasteiger partial charge in [-0.2, -0.15) is 0 Å². The third-order valence-electron chi connectivity index (χ3n) is 3.59. The van der Waals surface area contributed by atoms with E-state index in [1.54, 1.807) is 0 Å². The van der Waals surface area contributed by atoms with E-state index in [9.17, 15) is 5.11 Å². The van der Waals surface area contributed by atoms with E-state index < -0.39 is 0 Å². The summed E-state index contributed by atoms with van der Waals surface area (Å²) in [7, 11) is 0. The molecule has 0 spiro atoms. The molecule has 3 nitrogen and oxygen atoms in total. The Morgan fingerprint density at radius 3 is 2.71 bits per heavy atom. The smallest absolute Gasteiger partial charge is 0.104 e. The first-order valence-corrected chi connectivity index (χ1v) is 7.20. The molecular formula is C17H16N2OS. The van der Waals surface area contributed by atoms with Crippen molar-refractivity contribution < 1.29 is 5.11 Å². The van der Waals surface area contributed by atoms with Crippen LogP contribution in [0.15, 0.2) is 54.7 Å². The van der Waals surface area contributed by atoms with Gasteiger partial charge in [-0.05, 0) is 17.7 Å². The van der Waals surface area contributed by atoms with Gasteiger partial charge in [0.05, 0.1) is 6.61 Å². The molecule has 0 atom stereocenters. The highest BCUT2D eigenvalue weighted by Crippen LogP contribution is 2.31. The minimum Gasteiger partial charge on any atom is -0.395 e. The summed E-state index contributed by atoms with van der Waals surface area (Å²) >= 11 is 5.05. The van der Waals surface area contributed by atoms with Crippen molar-refractivity contribution in [2.45, 2.75) is 6.54 Å². The second kappa shape index (κ2) is 5.68. The Hall–Kier alpha value is -2.17. The Kier molecular flexibility index (Phi) is 3.73. The standard InChI is InChI=1S/C17H16N2OS/c18-17(21)13-5-3-4-12(10-13)15-11-19(8-9-20)16-7-2-1-6-14(15)16/h1-7,10-11,20H,8-9H2,(H2,18,21). The third-order valence-corrected chi connectivity index (χ3v) is 3.82. The van der Waals surface area contributed by atoms with Gasteiger partial charge in [0.1, 0.15) is 4.99 Å². The van der Waals surface area contributed by atoms with Gasteiger partial charge in [-0.15, -0.1) is 0 Å². The second-order valence-corrected chi connectivity index (χ2v) is 5.36. The van der Waals surface area contributed by atoms with Crippen molar-refractivity contribution in [2.75, 3.05) is 6.61 Å². The summed E-state index contributed by atoms with van der Waals surface area (Å²) in [6.07, 6.45) is 2.07. The first-order chi connectivity index (χ1) is 10.2. The lowest BCUT2D eigenvalue weighted by Crippen LogP contribution is -2.08. The van der Waals surface area contributed by atoms with Crippen molar-refractivity contribution in [3.63, 3.8) is 0 Å². The van der Waals surface area contributed by atoms with Gasteiger partial charge in [0.2, 0.25) is 0 Å². The Morgan fingerprint density at radius 1 is 1.14 bits per heavy atom. The van der Waals surface area contributed by atoms with Crippen LogP contribution >= 0.6 is 12.2 Å². The molecule has 3 rings (SSSR count). The molecule has 4 heteroatoms. The van der Waals surface area contributed by atoms with E-state index in [0.717, 1.165) is 27.6 Å². The molecule has 3 aromatic rings. The molecule has 3 N–H and O–H groups in total. The van der Waals surface area contributed by atoms with Crippen LogP contribution in [0.3, 0.4) is 0 Å². The number of aliphatic hydroxyl groups is 1. The minimum absolute atomic E-state index is 0.116. The normalized spacial score (nSPS) is 10.9. The number of hydrogen-bond acceptors (Lipinski definition) is 2. The van der Waals surface area contributed by atoms with E-state index in [-0.39, 0.29) is 6.61 Å². The molecule has 0 aliphatic carbocycles. The maximum Gasteiger partial charge on any atom is 0.104 e. The number of aromatic nitrogens is 1. The van der Waals surface area contributed by atoms with Crippen LogP contribution in [0.2, 0.25) is 0 Å². The maximum absolute atomic E-state index is 9.22. The summed E-state index contributed by atoms with van der Waals surface area (Å²) in [6, 6.07) is 16.1. The van der Waals surface area contributed by atoms with Crippen LogP contribution in [-0.2, 0) is 6.54 Å². The lowest BCUT2D eigenvalue weighted by molar-refractivity contribution is 0.278. The van der Waals surface area contributed by atoms with Crippen LogP contribution in [0.25, 0.3) is 22.0 Å². The molecule has 0 aliphatic heterocycles. The minimum atomic E-state index is 0.116. The fourth-order valence-electron chi connectivity index (χ4n) is 2.61. The summed E-state index contributed by atoms with van der Waals surface area (Å²) in [5.74, 6) is 0. The van der Waals surface area contributed by atoms with Gasteiger partial charge in [0.25, 0.3) is 0 Å². The van der Waals surface area contributed by atoms with Crippen LogP contribution in [0.4, 0.5) is 0 Å². The van der Waals surface area contributed by atoms with E-state index in [2.05, 4.69) is 22.9 Å². The van der Waals surface area contributed by atoms with E-state index in [4.69, 9.17) is 18.0 Å². The van der Waals surface area contributed by atoms with Gasteiger partial charge in [-0.1, -0.05) is 48.6 Å². The SMILES string of the molecule is NC(=S)c1cccc(-c2cn(CCO)c3ccccc23)c1. The van der Waals surface area contributed by atoms with Gasteiger partial charge in [-0.25, -0.2) is 0 Å². The number of thiocarbonyl (C=S) groups is 1. The quantitative estimate of drug-likeness (QED) is 0.728. The number of benzene rings is 2. The summed E-state index contributed by atoms with van der Waals surface area (Å²) in [6.45, 7) is 0.695. The Balaban J connectivity index is 2.20. The number of para-hydroxylation sites is 1. The fourth-order valence-corrected chi connectivity index (χ4v) is 2.74. The van der Waals surface area contributed by atoms with Crippen molar-refractivity contribution >= 4 is 28.1 Å². The zero-order valence-corrected chi connectivity index (χ0v) is 12.3. The first-order valence-electron chi connectivity index (χ1n) is 6.79. The molecule has 106 valence electrons. The van der Waals surface area contributed by atoms with Crippen LogP contribution in [-0.4, -0.2) is 21.3 Å². The van der Waals surface area contributed by atoms with Crippen LogP contribution in [0, 0.1) is 0 Å². The molecule has 0 saturated heterocycles. The second-order valence-electron chi connectivity index (χ2n) is 4.92. The van der Waals surface area contributed by atoms with Crippen LogP contribution in [0.5, 0.6) is 0 Å². The van der Waals surface area contributed by atoms with Gasteiger partial charge in [-0.3, -0.25) is 0 Å². The van der Waals surface area contributed by atoms with Crippen LogP contribution in [0.1, 0.15) is 5.56 Å². The van der Waals surface area contributed by atoms with Gasteiger partial charge < -0.3 is 15.4 Å². The molecule has 0 radical (unpaired) electrons. The molecule has 0 bridgehead atoms. The highest BCUT2D eigenvalue weighted by molar-refractivity contribution is 7.80. The van der Waals surface area contributed by atoms with Crippen molar-refractivity contribution in [2.24, 2.45) is 5.73 Å². The predicted octanol–water partition coefficient (Wildman–Crippen LogP) is 2.93. The molecule has 0 unspecified atom stereocenters. The highest BCUT2D eigenvalue weighted by atomic mass is 32.1. The topological polar surface area (TPSA) is 51.2 Å². The molecule has 0 aliphatic rings. The molecule has 21 heavy (non-hydrogen) atoms. The zero-order chi connectivity index (χ0) is 14.8. The fraction of sp³-hybridized carbons (Fsp3) is 0.118. The molecule has 0 fully saturated rings. The average molecular weight is 296 g/mol. The van der Waals surface area contributed by atoms with E-state index in [0.29, 0.717) is 11.5 Å². The number of hydrogen-bond donors (Lipinski definition) is 2. The summed E-state index contributed by atoms with van der Waals surface area (Å²) in [5.41, 5.74) is 9.89. The van der Waals surface area contributed by atoms with Gasteiger partial charge in [0.15, 0.2) is 0 Å². The van der Waals surface area contributed by atoms with Gasteiger partial charge in [0, 0.05) is 34.8 Å². The zero-order valence-electron chi connectivity index (χ0n) is 11.5. The van der Waals surface area contributed by atoms with E-state index >= 15 is 0 Å². The number of fused-ring (bicyclic) bond motifs is 1. The van der Waals surface area contributed by atoms with E-state index in [1.165, 1.54) is 0 Å². The highest BCUT2D eigenvalue weighted by Gasteiger charge is 2.10. The number of nitrogens with two attached hydrogens (primary N) is 1. The van der Waals surface area contributed by atoms with Gasteiger partial charge >= 0.3 is 0 Å². The van der Waals surface area contributed by atoms with E-state index in [1.807, 2.05) is 36.4 Å². The van der Waals surface area contributed by atoms with Crippen molar-refractivity contribution in [3.8, 4) is 11.1 Å². The third kappa shape index (κ3) is 2.55. The maximum atomic E-state index is 9.22. The molecule has 1 aromatic heterocycles. The van der Waals surface area contributed by atoms with Crippen molar-refractivity contribution in [1.82, 2.24) is 4.57 Å². The average Bonchev–Trinajstić information content (AvgIpc) is 2.87. The molecule has 2 aromatic carbocycles. The Bertz CT molecular complexity index is 807. The predicted molar refractivity (Wildman–Crippen MR) is 90.3 cm³/mol. The number of rotatable bonds is 4. The van der Waals surface area contributed by atoms with Crippen LogP contribution < -0.4 is 5.73 Å². The van der Waals surface area contributed by atoms with Crippen molar-refractivity contribution in [1.29, 1.82) is 0 Å². The summed E-state index contributed by atoms with van der Waals surface area (Å²) in [4.78, 5) is 0.399. The van der Waals surface area contributed by atoms with Crippen molar-refractivity contribution in [3.05, 3.63) is 60.3 Å². The molecule has 1 heterocycles. The Labute approximate surface area is 128 Å². The molecular weight excluding hydrogens is 280 g/mol. The monoisotopic (exact) mass is 296 g/mol. The number of nitrogens with zero attached hydrogens (tertiary/aromatic N) is 1.